The third-order valence-corrected chi connectivity index (χ3v) is 3.28. The molecule has 1 saturated heterocycles. The lowest BCUT2D eigenvalue weighted by Gasteiger charge is -2.22. The first-order valence-corrected chi connectivity index (χ1v) is 6.27. The van der Waals surface area contributed by atoms with Gasteiger partial charge in [0.2, 0.25) is 5.89 Å². The van der Waals surface area contributed by atoms with Gasteiger partial charge in [-0.2, -0.15) is 4.98 Å². The molecule has 19 heavy (non-hydrogen) atoms. The molecule has 0 saturated carbocycles. The van der Waals surface area contributed by atoms with Gasteiger partial charge in [0.15, 0.2) is 5.82 Å². The molecule has 2 aromatic heterocycles. The van der Waals surface area contributed by atoms with Crippen LogP contribution in [0.2, 0.25) is 0 Å². The molecule has 0 aliphatic carbocycles. The quantitative estimate of drug-likeness (QED) is 0.820. The van der Waals surface area contributed by atoms with Crippen LogP contribution in [0.25, 0.3) is 0 Å². The van der Waals surface area contributed by atoms with Crippen LogP contribution in [0.3, 0.4) is 0 Å². The minimum atomic E-state index is -0.0851. The van der Waals surface area contributed by atoms with Gasteiger partial charge in [0.25, 0.3) is 5.91 Å². The zero-order valence-corrected chi connectivity index (χ0v) is 10.6. The van der Waals surface area contributed by atoms with Crippen LogP contribution in [0, 0.1) is 6.92 Å². The number of hydrogen-bond acceptors (Lipinski definition) is 5. The Morgan fingerprint density at radius 3 is 2.89 bits per heavy atom. The van der Waals surface area contributed by atoms with Crippen molar-refractivity contribution in [3.63, 3.8) is 0 Å². The molecule has 1 aliphatic rings. The van der Waals surface area contributed by atoms with E-state index in [1.807, 2.05) is 0 Å². The summed E-state index contributed by atoms with van der Waals surface area (Å²) in [4.78, 5) is 22.4. The summed E-state index contributed by atoms with van der Waals surface area (Å²) in [5, 5.41) is 3.93. The third-order valence-electron chi connectivity index (χ3n) is 3.28. The number of likely N-dealkylation sites (tertiary alicyclic amines) is 1. The minimum absolute atomic E-state index is 0.00708. The second kappa shape index (κ2) is 4.79. The van der Waals surface area contributed by atoms with E-state index in [9.17, 15) is 4.79 Å². The number of nitrogens with zero attached hydrogens (tertiary/aromatic N) is 4. The van der Waals surface area contributed by atoms with Gasteiger partial charge in [0.1, 0.15) is 0 Å². The summed E-state index contributed by atoms with van der Waals surface area (Å²) in [5.41, 5.74) is 0.641. The lowest BCUT2D eigenvalue weighted by atomic mass is 10.2. The average molecular weight is 258 g/mol. The molecule has 0 aromatic carbocycles. The van der Waals surface area contributed by atoms with Gasteiger partial charge < -0.3 is 9.42 Å². The van der Waals surface area contributed by atoms with Gasteiger partial charge in [-0.3, -0.25) is 9.78 Å². The molecule has 0 spiro atoms. The van der Waals surface area contributed by atoms with Gasteiger partial charge in [-0.25, -0.2) is 0 Å². The molecule has 6 heteroatoms. The average Bonchev–Trinajstić information content (AvgIpc) is 3.07. The van der Waals surface area contributed by atoms with Crippen LogP contribution in [0.4, 0.5) is 0 Å². The fraction of sp³-hybridized carbons (Fsp3) is 0.385. The summed E-state index contributed by atoms with van der Waals surface area (Å²) in [6.45, 7) is 2.47. The van der Waals surface area contributed by atoms with E-state index in [1.165, 1.54) is 0 Å². The largest absolute Gasteiger partial charge is 0.340 e. The molecule has 98 valence electrons. The first-order chi connectivity index (χ1) is 9.25. The summed E-state index contributed by atoms with van der Waals surface area (Å²) in [7, 11) is 0. The lowest BCUT2D eigenvalue weighted by molar-refractivity contribution is 0.0728. The summed E-state index contributed by atoms with van der Waals surface area (Å²) >= 11 is 0. The molecule has 1 atom stereocenters. The zero-order valence-electron chi connectivity index (χ0n) is 10.6. The molecule has 0 bridgehead atoms. The SMILES string of the molecule is Cc1nc(C2CCCN2C(=O)c2ccncc2)no1. The highest BCUT2D eigenvalue weighted by molar-refractivity contribution is 5.94. The Labute approximate surface area is 110 Å². The van der Waals surface area contributed by atoms with E-state index >= 15 is 0 Å². The van der Waals surface area contributed by atoms with Crippen molar-refractivity contribution in [1.82, 2.24) is 20.0 Å². The molecule has 1 unspecified atom stereocenters. The topological polar surface area (TPSA) is 72.1 Å². The molecule has 3 heterocycles. The molecular formula is C13H14N4O2. The van der Waals surface area contributed by atoms with E-state index in [0.29, 0.717) is 17.3 Å². The van der Waals surface area contributed by atoms with Crippen molar-refractivity contribution < 1.29 is 9.32 Å². The molecule has 0 N–H and O–H groups in total. The predicted octanol–water partition coefficient (Wildman–Crippen LogP) is 1.75. The van der Waals surface area contributed by atoms with Crippen LogP contribution in [0.15, 0.2) is 29.0 Å². The summed E-state index contributed by atoms with van der Waals surface area (Å²) in [5.74, 6) is 1.11. The Morgan fingerprint density at radius 2 is 2.21 bits per heavy atom. The Morgan fingerprint density at radius 1 is 1.42 bits per heavy atom. The van der Waals surface area contributed by atoms with E-state index in [1.54, 1.807) is 36.4 Å². The minimum Gasteiger partial charge on any atom is -0.340 e. The maximum Gasteiger partial charge on any atom is 0.254 e. The zero-order chi connectivity index (χ0) is 13.2. The molecule has 3 rings (SSSR count). The first kappa shape index (κ1) is 11.8. The van der Waals surface area contributed by atoms with Gasteiger partial charge in [0, 0.05) is 31.4 Å². The Bertz CT molecular complexity index is 581. The lowest BCUT2D eigenvalue weighted by Crippen LogP contribution is -2.31. The fourth-order valence-corrected chi connectivity index (χ4v) is 2.39. The number of rotatable bonds is 2. The molecule has 2 aromatic rings. The summed E-state index contributed by atoms with van der Waals surface area (Å²) in [6, 6.07) is 3.36. The van der Waals surface area contributed by atoms with Crippen molar-refractivity contribution in [3.8, 4) is 0 Å². The summed E-state index contributed by atoms with van der Waals surface area (Å²) < 4.78 is 5.00. The smallest absolute Gasteiger partial charge is 0.254 e. The van der Waals surface area contributed by atoms with Crippen molar-refractivity contribution in [2.45, 2.75) is 25.8 Å². The van der Waals surface area contributed by atoms with Crippen molar-refractivity contribution in [3.05, 3.63) is 41.8 Å². The first-order valence-electron chi connectivity index (χ1n) is 6.27. The van der Waals surface area contributed by atoms with Crippen molar-refractivity contribution in [1.29, 1.82) is 0 Å². The fourth-order valence-electron chi connectivity index (χ4n) is 2.39. The number of carbonyl (C=O) groups excluding carboxylic acids is 1. The van der Waals surface area contributed by atoms with Gasteiger partial charge in [0.05, 0.1) is 6.04 Å². The van der Waals surface area contributed by atoms with Crippen molar-refractivity contribution in [2.75, 3.05) is 6.54 Å². The Balaban J connectivity index is 1.86. The molecule has 6 nitrogen and oxygen atoms in total. The van der Waals surface area contributed by atoms with E-state index in [4.69, 9.17) is 4.52 Å². The van der Waals surface area contributed by atoms with Gasteiger partial charge in [-0.05, 0) is 25.0 Å². The second-order valence-corrected chi connectivity index (χ2v) is 4.56. The maximum absolute atomic E-state index is 12.4. The molecule has 1 amide bonds. The normalized spacial score (nSPS) is 18.8. The van der Waals surface area contributed by atoms with E-state index in [2.05, 4.69) is 15.1 Å². The highest BCUT2D eigenvalue weighted by Crippen LogP contribution is 2.31. The van der Waals surface area contributed by atoms with Crippen LogP contribution in [-0.2, 0) is 0 Å². The number of amides is 1. The third kappa shape index (κ3) is 2.21. The van der Waals surface area contributed by atoms with Gasteiger partial charge >= 0.3 is 0 Å². The van der Waals surface area contributed by atoms with Gasteiger partial charge in [-0.1, -0.05) is 5.16 Å². The van der Waals surface area contributed by atoms with Crippen molar-refractivity contribution >= 4 is 5.91 Å². The predicted molar refractivity (Wildman–Crippen MR) is 66.3 cm³/mol. The highest BCUT2D eigenvalue weighted by atomic mass is 16.5. The highest BCUT2D eigenvalue weighted by Gasteiger charge is 2.33. The number of hydrogen-bond donors (Lipinski definition) is 0. The Kier molecular flexibility index (Phi) is 2.98. The summed E-state index contributed by atoms with van der Waals surface area (Å²) in [6.07, 6.45) is 5.07. The van der Waals surface area contributed by atoms with E-state index in [0.717, 1.165) is 19.4 Å². The van der Waals surface area contributed by atoms with Crippen LogP contribution < -0.4 is 0 Å². The number of pyridine rings is 1. The number of carbonyl (C=O) groups is 1. The van der Waals surface area contributed by atoms with Crippen LogP contribution in [0.5, 0.6) is 0 Å². The van der Waals surface area contributed by atoms with E-state index in [-0.39, 0.29) is 11.9 Å². The number of aromatic nitrogens is 3. The van der Waals surface area contributed by atoms with Crippen LogP contribution >= 0.6 is 0 Å². The molecule has 1 fully saturated rings. The van der Waals surface area contributed by atoms with Crippen LogP contribution in [0.1, 0.15) is 41.0 Å². The van der Waals surface area contributed by atoms with E-state index < -0.39 is 0 Å². The van der Waals surface area contributed by atoms with Crippen molar-refractivity contribution in [2.24, 2.45) is 0 Å². The Hall–Kier alpha value is -2.24. The van der Waals surface area contributed by atoms with Crippen LogP contribution in [-0.4, -0.2) is 32.5 Å². The standard InChI is InChI=1S/C13H14N4O2/c1-9-15-12(16-19-9)11-3-2-8-17(11)13(18)10-4-6-14-7-5-10/h4-7,11H,2-3,8H2,1H3. The maximum atomic E-state index is 12.4. The second-order valence-electron chi connectivity index (χ2n) is 4.56. The number of aryl methyl sites for hydroxylation is 1. The molecule has 0 radical (unpaired) electrons. The monoisotopic (exact) mass is 258 g/mol. The van der Waals surface area contributed by atoms with Gasteiger partial charge in [-0.15, -0.1) is 0 Å². The molecular weight excluding hydrogens is 244 g/mol. The molecule has 1 aliphatic heterocycles.